The van der Waals surface area contributed by atoms with Gasteiger partial charge in [-0.1, -0.05) is 0 Å². The number of pyridine rings is 2. The van der Waals surface area contributed by atoms with E-state index >= 15 is 0 Å². The Morgan fingerprint density at radius 1 is 1.12 bits per heavy atom. The van der Waals surface area contributed by atoms with Gasteiger partial charge in [0, 0.05) is 37.4 Å². The van der Waals surface area contributed by atoms with Gasteiger partial charge in [0.1, 0.15) is 11.8 Å². The molecule has 7 nitrogen and oxygen atoms in total. The first-order valence-corrected chi connectivity index (χ1v) is 10.0. The summed E-state index contributed by atoms with van der Waals surface area (Å²) in [6, 6.07) is 5.56. The summed E-state index contributed by atoms with van der Waals surface area (Å²) in [5, 5.41) is 0. The molecule has 0 unspecified atom stereocenters. The summed E-state index contributed by atoms with van der Waals surface area (Å²) in [5.41, 5.74) is 0.776. The smallest absolute Gasteiger partial charge is 0.417 e. The van der Waals surface area contributed by atoms with Crippen LogP contribution < -0.4 is 4.74 Å². The van der Waals surface area contributed by atoms with Gasteiger partial charge < -0.3 is 9.64 Å². The quantitative estimate of drug-likeness (QED) is 0.608. The molecule has 166 valence electrons. The van der Waals surface area contributed by atoms with Crippen molar-refractivity contribution in [2.75, 3.05) is 13.1 Å². The molecule has 1 aliphatic heterocycles. The second kappa shape index (κ2) is 8.89. The number of halogens is 3. The fourth-order valence-electron chi connectivity index (χ4n) is 3.51. The van der Waals surface area contributed by atoms with Crippen molar-refractivity contribution < 1.29 is 22.7 Å². The van der Waals surface area contributed by atoms with Crippen molar-refractivity contribution in [3.05, 3.63) is 65.7 Å². The lowest BCUT2D eigenvalue weighted by Crippen LogP contribution is -2.44. The number of piperidine rings is 1. The van der Waals surface area contributed by atoms with Crippen molar-refractivity contribution in [2.45, 2.75) is 32.0 Å². The van der Waals surface area contributed by atoms with E-state index in [-0.39, 0.29) is 24.4 Å². The Kier molecular flexibility index (Phi) is 6.02. The SMILES string of the molecule is Cc1cnc(-c2ncccn2)c(C(=O)N2CCC[C@@H](Oc3ccc(C(F)(F)F)cn3)C2)c1. The van der Waals surface area contributed by atoms with E-state index in [2.05, 4.69) is 19.9 Å². The third-order valence-corrected chi connectivity index (χ3v) is 5.05. The molecule has 1 fully saturated rings. The maximum atomic E-state index is 13.3. The summed E-state index contributed by atoms with van der Waals surface area (Å²) in [6.07, 6.45) is 2.07. The summed E-state index contributed by atoms with van der Waals surface area (Å²) < 4.78 is 43.9. The second-order valence-electron chi connectivity index (χ2n) is 7.50. The van der Waals surface area contributed by atoms with Crippen molar-refractivity contribution in [1.29, 1.82) is 0 Å². The fraction of sp³-hybridized carbons (Fsp3) is 0.318. The Hall–Kier alpha value is -3.56. The number of rotatable bonds is 4. The van der Waals surface area contributed by atoms with Crippen LogP contribution >= 0.6 is 0 Å². The lowest BCUT2D eigenvalue weighted by atomic mass is 10.0. The van der Waals surface area contributed by atoms with Gasteiger partial charge in [-0.2, -0.15) is 13.2 Å². The van der Waals surface area contributed by atoms with Gasteiger partial charge in [-0.15, -0.1) is 0 Å². The number of carbonyl (C=O) groups excluding carboxylic acids is 1. The molecule has 0 N–H and O–H groups in total. The van der Waals surface area contributed by atoms with Gasteiger partial charge in [-0.25, -0.2) is 15.0 Å². The number of ether oxygens (including phenoxy) is 1. The van der Waals surface area contributed by atoms with Crippen LogP contribution in [-0.4, -0.2) is 49.9 Å². The topological polar surface area (TPSA) is 81.1 Å². The van der Waals surface area contributed by atoms with Crippen LogP contribution in [0.1, 0.15) is 34.3 Å². The molecule has 0 aromatic carbocycles. The van der Waals surface area contributed by atoms with Crippen LogP contribution in [0.2, 0.25) is 0 Å². The Balaban J connectivity index is 1.50. The predicted octanol–water partition coefficient (Wildman–Crippen LogP) is 3.94. The van der Waals surface area contributed by atoms with E-state index in [1.807, 2.05) is 6.92 Å². The fourth-order valence-corrected chi connectivity index (χ4v) is 3.51. The Morgan fingerprint density at radius 2 is 1.91 bits per heavy atom. The Bertz CT molecular complexity index is 1090. The highest BCUT2D eigenvalue weighted by molar-refractivity contribution is 5.99. The molecule has 1 aliphatic rings. The minimum absolute atomic E-state index is 0.0906. The van der Waals surface area contributed by atoms with E-state index in [1.165, 1.54) is 6.07 Å². The van der Waals surface area contributed by atoms with Gasteiger partial charge in [0.05, 0.1) is 17.7 Å². The number of amides is 1. The highest BCUT2D eigenvalue weighted by Gasteiger charge is 2.31. The van der Waals surface area contributed by atoms with Crippen LogP contribution in [0.5, 0.6) is 5.88 Å². The van der Waals surface area contributed by atoms with Gasteiger partial charge in [-0.05, 0) is 43.5 Å². The summed E-state index contributed by atoms with van der Waals surface area (Å²) in [6.45, 7) is 2.66. The zero-order valence-corrected chi connectivity index (χ0v) is 17.2. The van der Waals surface area contributed by atoms with E-state index in [0.29, 0.717) is 36.5 Å². The minimum Gasteiger partial charge on any atom is -0.472 e. The van der Waals surface area contributed by atoms with Gasteiger partial charge in [-0.3, -0.25) is 9.78 Å². The average molecular weight is 443 g/mol. The van der Waals surface area contributed by atoms with Crippen molar-refractivity contribution in [3.63, 3.8) is 0 Å². The minimum atomic E-state index is -4.46. The number of hydrogen-bond acceptors (Lipinski definition) is 6. The van der Waals surface area contributed by atoms with Crippen LogP contribution in [0.4, 0.5) is 13.2 Å². The molecule has 4 rings (SSSR count). The summed E-state index contributed by atoms with van der Waals surface area (Å²) in [4.78, 5) is 31.5. The first-order valence-electron chi connectivity index (χ1n) is 10.0. The molecule has 10 heteroatoms. The summed E-state index contributed by atoms with van der Waals surface area (Å²) in [7, 11) is 0. The molecule has 0 radical (unpaired) electrons. The van der Waals surface area contributed by atoms with Crippen molar-refractivity contribution in [2.24, 2.45) is 0 Å². The molecule has 4 heterocycles. The van der Waals surface area contributed by atoms with Gasteiger partial charge in [0.25, 0.3) is 5.91 Å². The Morgan fingerprint density at radius 3 is 2.59 bits per heavy atom. The number of alkyl halides is 3. The Labute approximate surface area is 182 Å². The second-order valence-corrected chi connectivity index (χ2v) is 7.50. The zero-order chi connectivity index (χ0) is 22.7. The number of nitrogens with zero attached hydrogens (tertiary/aromatic N) is 5. The standard InChI is InChI=1S/C22H20F3N5O2/c1-14-10-17(19(29-11-14)20-26-7-3-8-27-20)21(31)30-9-2-4-16(13-30)32-18-6-5-15(12-28-18)22(23,24)25/h3,5-8,10-12,16H,2,4,9,13H2,1H3/t16-/m1/s1. The van der Waals surface area contributed by atoms with Gasteiger partial charge in [0.2, 0.25) is 5.88 Å². The first-order chi connectivity index (χ1) is 15.3. The molecule has 0 aliphatic carbocycles. The average Bonchev–Trinajstić information content (AvgIpc) is 2.79. The van der Waals surface area contributed by atoms with Gasteiger partial charge in [0.15, 0.2) is 5.82 Å². The highest BCUT2D eigenvalue weighted by atomic mass is 19.4. The number of aromatic nitrogens is 4. The molecular weight excluding hydrogens is 423 g/mol. The number of hydrogen-bond donors (Lipinski definition) is 0. The molecule has 32 heavy (non-hydrogen) atoms. The van der Waals surface area contributed by atoms with E-state index < -0.39 is 11.7 Å². The van der Waals surface area contributed by atoms with Crippen molar-refractivity contribution >= 4 is 5.91 Å². The van der Waals surface area contributed by atoms with Crippen LogP contribution in [0.15, 0.2) is 49.1 Å². The number of carbonyl (C=O) groups is 1. The molecular formula is C22H20F3N5O2. The van der Waals surface area contributed by atoms with E-state index in [1.54, 1.807) is 35.6 Å². The van der Waals surface area contributed by atoms with Crippen LogP contribution in [0.3, 0.4) is 0 Å². The maximum Gasteiger partial charge on any atom is 0.417 e. The first kappa shape index (κ1) is 21.7. The zero-order valence-electron chi connectivity index (χ0n) is 17.2. The maximum absolute atomic E-state index is 13.3. The summed E-state index contributed by atoms with van der Waals surface area (Å²) >= 11 is 0. The normalized spacial score (nSPS) is 16.6. The lowest BCUT2D eigenvalue weighted by molar-refractivity contribution is -0.137. The van der Waals surface area contributed by atoms with Crippen molar-refractivity contribution in [3.8, 4) is 17.4 Å². The molecule has 1 amide bonds. The van der Waals surface area contributed by atoms with Crippen LogP contribution in [0, 0.1) is 6.92 Å². The largest absolute Gasteiger partial charge is 0.472 e. The van der Waals surface area contributed by atoms with Crippen LogP contribution in [-0.2, 0) is 6.18 Å². The summed E-state index contributed by atoms with van der Waals surface area (Å²) in [5.74, 6) is 0.222. The predicted molar refractivity (Wildman–Crippen MR) is 109 cm³/mol. The highest BCUT2D eigenvalue weighted by Crippen LogP contribution is 2.30. The molecule has 3 aromatic heterocycles. The molecule has 1 atom stereocenters. The number of likely N-dealkylation sites (tertiary alicyclic amines) is 1. The third kappa shape index (κ3) is 4.84. The molecule has 1 saturated heterocycles. The van der Waals surface area contributed by atoms with Gasteiger partial charge >= 0.3 is 6.18 Å². The number of aryl methyl sites for hydroxylation is 1. The molecule has 0 saturated carbocycles. The molecule has 0 bridgehead atoms. The monoisotopic (exact) mass is 443 g/mol. The van der Waals surface area contributed by atoms with Crippen molar-refractivity contribution in [1.82, 2.24) is 24.8 Å². The molecule has 3 aromatic rings. The third-order valence-electron chi connectivity index (χ3n) is 5.05. The van der Waals surface area contributed by atoms with E-state index in [9.17, 15) is 18.0 Å². The van der Waals surface area contributed by atoms with E-state index in [4.69, 9.17) is 4.74 Å². The van der Waals surface area contributed by atoms with Crippen LogP contribution in [0.25, 0.3) is 11.5 Å². The van der Waals surface area contributed by atoms with E-state index in [0.717, 1.165) is 17.8 Å². The lowest BCUT2D eigenvalue weighted by Gasteiger charge is -2.33. The molecule has 0 spiro atoms.